The molecule has 0 saturated carbocycles. The molecule has 1 aliphatic heterocycles. The Bertz CT molecular complexity index is 425. The number of carbonyl (C=O) groups excluding carboxylic acids is 1. The molecule has 1 atom stereocenters. The van der Waals surface area contributed by atoms with Gasteiger partial charge in [0, 0.05) is 30.3 Å². The zero-order valence-electron chi connectivity index (χ0n) is 10.8. The summed E-state index contributed by atoms with van der Waals surface area (Å²) in [4.78, 5) is 18.1. The molecule has 1 unspecified atom stereocenters. The third kappa shape index (κ3) is 2.96. The molecule has 4 nitrogen and oxygen atoms in total. The molecular weight excluding hydrogens is 248 g/mol. The van der Waals surface area contributed by atoms with Gasteiger partial charge in [-0.05, 0) is 18.6 Å². The van der Waals surface area contributed by atoms with Crippen LogP contribution in [0.3, 0.4) is 0 Å². The first kappa shape index (κ1) is 13.2. The molecule has 2 heterocycles. The lowest BCUT2D eigenvalue weighted by Crippen LogP contribution is -2.38. The number of carbonyl (C=O) groups is 1. The highest BCUT2D eigenvalue weighted by Gasteiger charge is 2.20. The average Bonchev–Trinajstić information content (AvgIpc) is 2.46. The zero-order valence-corrected chi connectivity index (χ0v) is 11.6. The van der Waals surface area contributed by atoms with Crippen molar-refractivity contribution in [2.75, 3.05) is 30.9 Å². The highest BCUT2D eigenvalue weighted by Crippen LogP contribution is 2.25. The Balaban J connectivity index is 2.15. The van der Waals surface area contributed by atoms with Crippen LogP contribution in [0.1, 0.15) is 23.7 Å². The van der Waals surface area contributed by atoms with Gasteiger partial charge in [0.2, 0.25) is 0 Å². The highest BCUT2D eigenvalue weighted by molar-refractivity contribution is 8.00. The molecule has 0 spiro atoms. The molecule has 0 bridgehead atoms. The van der Waals surface area contributed by atoms with E-state index in [2.05, 4.69) is 16.8 Å². The summed E-state index contributed by atoms with van der Waals surface area (Å²) in [6.45, 7) is 4.19. The monoisotopic (exact) mass is 266 g/mol. The topological polar surface area (TPSA) is 42.4 Å². The lowest BCUT2D eigenvalue weighted by molar-refractivity contribution is 0.0600. The van der Waals surface area contributed by atoms with Crippen molar-refractivity contribution in [2.24, 2.45) is 0 Å². The molecular formula is C13H18N2O2S. The van der Waals surface area contributed by atoms with Crippen LogP contribution in [0.4, 0.5) is 5.82 Å². The van der Waals surface area contributed by atoms with Gasteiger partial charge >= 0.3 is 5.97 Å². The number of thioether (sulfide) groups is 1. The summed E-state index contributed by atoms with van der Waals surface area (Å²) in [5, 5.41) is 0.655. The maximum Gasteiger partial charge on any atom is 0.338 e. The molecule has 1 aromatic heterocycles. The van der Waals surface area contributed by atoms with E-state index < -0.39 is 0 Å². The van der Waals surface area contributed by atoms with Crippen LogP contribution < -0.4 is 4.90 Å². The zero-order chi connectivity index (χ0) is 13.0. The summed E-state index contributed by atoms with van der Waals surface area (Å²) >= 11 is 2.02. The van der Waals surface area contributed by atoms with Gasteiger partial charge in [0.25, 0.3) is 0 Å². The fourth-order valence-electron chi connectivity index (χ4n) is 2.01. The SMILES string of the molecule is CCC1CN(c2cc(C(=O)OC)ccn2)CCS1. The molecule has 5 heteroatoms. The Morgan fingerprint density at radius 1 is 1.67 bits per heavy atom. The van der Waals surface area contributed by atoms with E-state index >= 15 is 0 Å². The van der Waals surface area contributed by atoms with Gasteiger partial charge in [0.1, 0.15) is 5.82 Å². The molecule has 1 saturated heterocycles. The van der Waals surface area contributed by atoms with E-state index in [9.17, 15) is 4.79 Å². The van der Waals surface area contributed by atoms with E-state index in [-0.39, 0.29) is 5.97 Å². The first-order valence-electron chi connectivity index (χ1n) is 6.15. The van der Waals surface area contributed by atoms with E-state index in [4.69, 9.17) is 4.74 Å². The van der Waals surface area contributed by atoms with Crippen LogP contribution in [-0.2, 0) is 4.74 Å². The quantitative estimate of drug-likeness (QED) is 0.785. The van der Waals surface area contributed by atoms with Crippen LogP contribution in [-0.4, -0.2) is 42.2 Å². The molecule has 0 N–H and O–H groups in total. The van der Waals surface area contributed by atoms with Crippen LogP contribution in [0.25, 0.3) is 0 Å². The smallest absolute Gasteiger partial charge is 0.338 e. The van der Waals surface area contributed by atoms with Crippen molar-refractivity contribution in [3.63, 3.8) is 0 Å². The lowest BCUT2D eigenvalue weighted by atomic mass is 10.2. The van der Waals surface area contributed by atoms with E-state index in [1.807, 2.05) is 17.8 Å². The van der Waals surface area contributed by atoms with Crippen molar-refractivity contribution in [1.82, 2.24) is 4.98 Å². The summed E-state index contributed by atoms with van der Waals surface area (Å²) in [5.41, 5.74) is 0.564. The van der Waals surface area contributed by atoms with Crippen molar-refractivity contribution in [2.45, 2.75) is 18.6 Å². The largest absolute Gasteiger partial charge is 0.465 e. The minimum absolute atomic E-state index is 0.308. The van der Waals surface area contributed by atoms with E-state index in [0.717, 1.165) is 31.1 Å². The van der Waals surface area contributed by atoms with Crippen molar-refractivity contribution in [1.29, 1.82) is 0 Å². The van der Waals surface area contributed by atoms with Gasteiger partial charge in [0.05, 0.1) is 12.7 Å². The van der Waals surface area contributed by atoms with E-state index in [0.29, 0.717) is 10.8 Å². The van der Waals surface area contributed by atoms with Gasteiger partial charge in [-0.1, -0.05) is 6.92 Å². The first-order valence-corrected chi connectivity index (χ1v) is 7.20. The molecule has 1 fully saturated rings. The Kier molecular flexibility index (Phi) is 4.47. The van der Waals surface area contributed by atoms with Crippen LogP contribution in [0, 0.1) is 0 Å². The molecule has 0 aliphatic carbocycles. The Morgan fingerprint density at radius 3 is 3.22 bits per heavy atom. The predicted molar refractivity (Wildman–Crippen MR) is 74.3 cm³/mol. The summed E-state index contributed by atoms with van der Waals surface area (Å²) in [6, 6.07) is 3.50. The number of nitrogens with zero attached hydrogens (tertiary/aromatic N) is 2. The minimum atomic E-state index is -0.308. The molecule has 18 heavy (non-hydrogen) atoms. The third-order valence-electron chi connectivity index (χ3n) is 3.08. The normalized spacial score (nSPS) is 19.7. The number of hydrogen-bond donors (Lipinski definition) is 0. The van der Waals surface area contributed by atoms with Crippen molar-refractivity contribution in [3.8, 4) is 0 Å². The number of hydrogen-bond acceptors (Lipinski definition) is 5. The third-order valence-corrected chi connectivity index (χ3v) is 4.46. The Morgan fingerprint density at radius 2 is 2.50 bits per heavy atom. The standard InChI is InChI=1S/C13H18N2O2S/c1-3-11-9-15(6-7-18-11)12-8-10(4-5-14-12)13(16)17-2/h4-5,8,11H,3,6-7,9H2,1-2H3. The van der Waals surface area contributed by atoms with Gasteiger partial charge < -0.3 is 9.64 Å². The average molecular weight is 266 g/mol. The number of aromatic nitrogens is 1. The van der Waals surface area contributed by atoms with Crippen LogP contribution >= 0.6 is 11.8 Å². The highest BCUT2D eigenvalue weighted by atomic mass is 32.2. The number of anilines is 1. The van der Waals surface area contributed by atoms with E-state index in [1.54, 1.807) is 12.3 Å². The van der Waals surface area contributed by atoms with Gasteiger partial charge in [-0.15, -0.1) is 0 Å². The molecule has 0 aromatic carbocycles. The van der Waals surface area contributed by atoms with Crippen molar-refractivity contribution < 1.29 is 9.53 Å². The second-order valence-corrected chi connectivity index (χ2v) is 5.65. The Hall–Kier alpha value is -1.23. The second-order valence-electron chi connectivity index (χ2n) is 4.24. The van der Waals surface area contributed by atoms with E-state index in [1.165, 1.54) is 7.11 Å². The minimum Gasteiger partial charge on any atom is -0.465 e. The maximum atomic E-state index is 11.5. The number of methoxy groups -OCH3 is 1. The molecule has 0 amide bonds. The van der Waals surface area contributed by atoms with Gasteiger partial charge in [0.15, 0.2) is 0 Å². The number of ether oxygens (including phenoxy) is 1. The fourth-order valence-corrected chi connectivity index (χ4v) is 3.19. The summed E-state index contributed by atoms with van der Waals surface area (Å²) in [5.74, 6) is 1.68. The van der Waals surface area contributed by atoms with Crippen LogP contribution in [0.2, 0.25) is 0 Å². The summed E-state index contributed by atoms with van der Waals surface area (Å²) in [6.07, 6.45) is 2.84. The summed E-state index contributed by atoms with van der Waals surface area (Å²) in [7, 11) is 1.40. The molecule has 1 aliphatic rings. The predicted octanol–water partition coefficient (Wildman–Crippen LogP) is 2.20. The Labute approximate surface area is 112 Å². The van der Waals surface area contributed by atoms with Gasteiger partial charge in [-0.3, -0.25) is 0 Å². The fraction of sp³-hybridized carbons (Fsp3) is 0.538. The first-order chi connectivity index (χ1) is 8.74. The molecule has 98 valence electrons. The van der Waals surface area contributed by atoms with Crippen molar-refractivity contribution >= 4 is 23.5 Å². The lowest BCUT2D eigenvalue weighted by Gasteiger charge is -2.32. The molecule has 2 rings (SSSR count). The molecule has 0 radical (unpaired) electrons. The van der Waals surface area contributed by atoms with Crippen LogP contribution in [0.15, 0.2) is 18.3 Å². The number of esters is 1. The van der Waals surface area contributed by atoms with Gasteiger partial charge in [-0.25, -0.2) is 9.78 Å². The molecule has 1 aromatic rings. The number of rotatable bonds is 3. The summed E-state index contributed by atoms with van der Waals surface area (Å²) < 4.78 is 4.73. The second kappa shape index (κ2) is 6.09. The number of pyridine rings is 1. The maximum absolute atomic E-state index is 11.5. The van der Waals surface area contributed by atoms with Crippen LogP contribution in [0.5, 0.6) is 0 Å². The van der Waals surface area contributed by atoms with Crippen molar-refractivity contribution in [3.05, 3.63) is 23.9 Å². The van der Waals surface area contributed by atoms with Gasteiger partial charge in [-0.2, -0.15) is 11.8 Å².